The first-order valence-corrected chi connectivity index (χ1v) is 8.04. The monoisotopic (exact) mass is 360 g/mol. The Morgan fingerprint density at radius 1 is 1.08 bits per heavy atom. The number of benzene rings is 1. The van der Waals surface area contributed by atoms with Gasteiger partial charge in [0.15, 0.2) is 0 Å². The lowest BCUT2D eigenvalue weighted by Gasteiger charge is -2.22. The van der Waals surface area contributed by atoms with Gasteiger partial charge in [0.1, 0.15) is 5.76 Å². The zero-order valence-electron chi connectivity index (χ0n) is 12.7. The number of halogens is 2. The number of furan rings is 1. The molecule has 24 heavy (non-hydrogen) atoms. The molecule has 0 bridgehead atoms. The molecule has 2 aromatic heterocycles. The van der Waals surface area contributed by atoms with E-state index in [0.29, 0.717) is 34.5 Å². The first-order valence-electron chi connectivity index (χ1n) is 7.28. The fourth-order valence-electron chi connectivity index (χ4n) is 2.36. The Bertz CT molecular complexity index is 800. The van der Waals surface area contributed by atoms with Gasteiger partial charge in [0.25, 0.3) is 5.91 Å². The zero-order valence-corrected chi connectivity index (χ0v) is 14.2. The summed E-state index contributed by atoms with van der Waals surface area (Å²) < 4.78 is 5.37. The quantitative estimate of drug-likeness (QED) is 0.654. The molecule has 0 saturated heterocycles. The molecule has 122 valence electrons. The van der Waals surface area contributed by atoms with E-state index in [4.69, 9.17) is 27.6 Å². The zero-order chi connectivity index (χ0) is 16.9. The topological polar surface area (TPSA) is 46.3 Å². The van der Waals surface area contributed by atoms with Gasteiger partial charge in [-0.2, -0.15) is 0 Å². The average molecular weight is 361 g/mol. The van der Waals surface area contributed by atoms with Crippen LogP contribution in [-0.2, 0) is 13.1 Å². The molecular weight excluding hydrogens is 347 g/mol. The Hall–Kier alpha value is -2.30. The van der Waals surface area contributed by atoms with Crippen LogP contribution >= 0.6 is 23.2 Å². The maximum atomic E-state index is 12.9. The van der Waals surface area contributed by atoms with Crippen molar-refractivity contribution in [3.05, 3.63) is 88.1 Å². The summed E-state index contributed by atoms with van der Waals surface area (Å²) in [6, 6.07) is 12.2. The van der Waals surface area contributed by atoms with Crippen molar-refractivity contribution >= 4 is 29.1 Å². The predicted octanol–water partition coefficient (Wildman–Crippen LogP) is 4.82. The van der Waals surface area contributed by atoms with E-state index in [9.17, 15) is 4.79 Å². The Kier molecular flexibility index (Phi) is 5.18. The first-order chi connectivity index (χ1) is 11.6. The van der Waals surface area contributed by atoms with Crippen molar-refractivity contribution in [2.45, 2.75) is 13.1 Å². The number of hydrogen-bond donors (Lipinski definition) is 0. The van der Waals surface area contributed by atoms with Crippen LogP contribution in [0.5, 0.6) is 0 Å². The number of carbonyl (C=O) groups is 1. The summed E-state index contributed by atoms with van der Waals surface area (Å²) in [5, 5.41) is 0.843. The number of rotatable bonds is 5. The third kappa shape index (κ3) is 4.16. The second-order valence-electron chi connectivity index (χ2n) is 5.26. The molecule has 1 aromatic carbocycles. The van der Waals surface area contributed by atoms with E-state index >= 15 is 0 Å². The minimum absolute atomic E-state index is 0.181. The Morgan fingerprint density at radius 2 is 1.88 bits per heavy atom. The number of pyridine rings is 1. The third-order valence-electron chi connectivity index (χ3n) is 3.42. The minimum Gasteiger partial charge on any atom is -0.467 e. The number of carbonyl (C=O) groups excluding carboxylic acids is 1. The van der Waals surface area contributed by atoms with Crippen LogP contribution in [0.25, 0.3) is 0 Å². The molecule has 0 unspecified atom stereocenters. The molecule has 0 radical (unpaired) electrons. The largest absolute Gasteiger partial charge is 0.467 e. The molecule has 0 spiro atoms. The van der Waals surface area contributed by atoms with E-state index in [2.05, 4.69) is 4.98 Å². The number of amides is 1. The molecule has 1 amide bonds. The second kappa shape index (κ2) is 7.51. The summed E-state index contributed by atoms with van der Waals surface area (Å²) in [6.45, 7) is 0.738. The van der Waals surface area contributed by atoms with Gasteiger partial charge in [-0.3, -0.25) is 9.78 Å². The van der Waals surface area contributed by atoms with Crippen molar-refractivity contribution in [2.75, 3.05) is 0 Å². The van der Waals surface area contributed by atoms with Crippen molar-refractivity contribution in [3.8, 4) is 0 Å². The molecule has 0 saturated carbocycles. The molecule has 4 nitrogen and oxygen atoms in total. The van der Waals surface area contributed by atoms with E-state index in [1.54, 1.807) is 47.8 Å². The van der Waals surface area contributed by atoms with Crippen LogP contribution in [0, 0.1) is 0 Å². The fraction of sp³-hybridized carbons (Fsp3) is 0.111. The summed E-state index contributed by atoms with van der Waals surface area (Å²) in [4.78, 5) is 18.7. The highest BCUT2D eigenvalue weighted by molar-refractivity contribution is 6.35. The van der Waals surface area contributed by atoms with Crippen LogP contribution in [0.2, 0.25) is 10.0 Å². The molecule has 0 aliphatic carbocycles. The van der Waals surface area contributed by atoms with Crippen molar-refractivity contribution < 1.29 is 9.21 Å². The highest BCUT2D eigenvalue weighted by atomic mass is 35.5. The van der Waals surface area contributed by atoms with Gasteiger partial charge < -0.3 is 9.32 Å². The lowest BCUT2D eigenvalue weighted by molar-refractivity contribution is 0.0717. The second-order valence-corrected chi connectivity index (χ2v) is 6.13. The van der Waals surface area contributed by atoms with E-state index < -0.39 is 0 Å². The summed E-state index contributed by atoms with van der Waals surface area (Å²) in [5.74, 6) is 0.514. The van der Waals surface area contributed by atoms with E-state index in [0.717, 1.165) is 5.56 Å². The van der Waals surface area contributed by atoms with Gasteiger partial charge in [-0.1, -0.05) is 29.3 Å². The Morgan fingerprint density at radius 3 is 2.50 bits per heavy atom. The third-order valence-corrected chi connectivity index (χ3v) is 3.86. The summed E-state index contributed by atoms with van der Waals surface area (Å²) in [6.07, 6.45) is 5.00. The smallest absolute Gasteiger partial charge is 0.254 e. The van der Waals surface area contributed by atoms with Gasteiger partial charge in [-0.25, -0.2) is 0 Å². The average Bonchev–Trinajstić information content (AvgIpc) is 3.07. The maximum absolute atomic E-state index is 12.9. The van der Waals surface area contributed by atoms with Gasteiger partial charge in [0.05, 0.1) is 12.8 Å². The summed E-state index contributed by atoms with van der Waals surface area (Å²) >= 11 is 12.0. The highest BCUT2D eigenvalue weighted by Gasteiger charge is 2.19. The van der Waals surface area contributed by atoms with Gasteiger partial charge >= 0.3 is 0 Å². The fourth-order valence-corrected chi connectivity index (χ4v) is 2.89. The van der Waals surface area contributed by atoms with Crippen LogP contribution in [0.1, 0.15) is 21.7 Å². The molecule has 0 atom stereocenters. The summed E-state index contributed by atoms with van der Waals surface area (Å²) in [7, 11) is 0. The van der Waals surface area contributed by atoms with E-state index in [-0.39, 0.29) is 5.91 Å². The Balaban J connectivity index is 1.89. The predicted molar refractivity (Wildman–Crippen MR) is 93.0 cm³/mol. The standard InChI is InChI=1S/C18H14Cl2N2O2/c19-15-7-14(8-16(20)9-15)18(23)22(12-17-4-2-6-24-17)11-13-3-1-5-21-10-13/h1-10H,11-12H2. The van der Waals surface area contributed by atoms with Crippen LogP contribution < -0.4 is 0 Å². The normalized spacial score (nSPS) is 10.6. The molecule has 2 heterocycles. The lowest BCUT2D eigenvalue weighted by atomic mass is 10.1. The van der Waals surface area contributed by atoms with Crippen molar-refractivity contribution in [2.24, 2.45) is 0 Å². The first kappa shape index (κ1) is 16.6. The number of aromatic nitrogens is 1. The van der Waals surface area contributed by atoms with Crippen molar-refractivity contribution in [3.63, 3.8) is 0 Å². The molecule has 0 fully saturated rings. The van der Waals surface area contributed by atoms with Crippen LogP contribution in [0.4, 0.5) is 0 Å². The van der Waals surface area contributed by atoms with Crippen LogP contribution in [0.3, 0.4) is 0 Å². The maximum Gasteiger partial charge on any atom is 0.254 e. The van der Waals surface area contributed by atoms with E-state index in [1.165, 1.54) is 0 Å². The van der Waals surface area contributed by atoms with Crippen molar-refractivity contribution in [1.82, 2.24) is 9.88 Å². The van der Waals surface area contributed by atoms with Gasteiger partial charge in [-0.15, -0.1) is 0 Å². The SMILES string of the molecule is O=C(c1cc(Cl)cc(Cl)c1)N(Cc1cccnc1)Cc1ccco1. The number of nitrogens with zero attached hydrogens (tertiary/aromatic N) is 2. The molecule has 6 heteroatoms. The van der Waals surface area contributed by atoms with Crippen molar-refractivity contribution in [1.29, 1.82) is 0 Å². The van der Waals surface area contributed by atoms with Gasteiger partial charge in [-0.05, 0) is 42.0 Å². The highest BCUT2D eigenvalue weighted by Crippen LogP contribution is 2.22. The molecule has 0 aliphatic heterocycles. The molecule has 0 N–H and O–H groups in total. The molecular formula is C18H14Cl2N2O2. The van der Waals surface area contributed by atoms with Gasteiger partial charge in [0.2, 0.25) is 0 Å². The molecule has 0 aliphatic rings. The van der Waals surface area contributed by atoms with Gasteiger partial charge in [0, 0.05) is 34.5 Å². The van der Waals surface area contributed by atoms with Crippen LogP contribution in [0.15, 0.2) is 65.5 Å². The van der Waals surface area contributed by atoms with Crippen LogP contribution in [-0.4, -0.2) is 15.8 Å². The van der Waals surface area contributed by atoms with E-state index in [1.807, 2.05) is 18.2 Å². The lowest BCUT2D eigenvalue weighted by Crippen LogP contribution is -2.30. The molecule has 3 rings (SSSR count). The number of hydrogen-bond acceptors (Lipinski definition) is 3. The minimum atomic E-state index is -0.181. The Labute approximate surface area is 149 Å². The summed E-state index contributed by atoms with van der Waals surface area (Å²) in [5.41, 5.74) is 1.36. The molecule has 3 aromatic rings.